The van der Waals surface area contributed by atoms with Gasteiger partial charge in [-0.2, -0.15) is 10.1 Å². The Balaban J connectivity index is 1.43. The molecule has 0 saturated heterocycles. The van der Waals surface area contributed by atoms with Gasteiger partial charge in [-0.05, 0) is 29.8 Å². The molecule has 0 aliphatic carbocycles. The van der Waals surface area contributed by atoms with Crippen LogP contribution < -0.4 is 4.90 Å². The quantitative estimate of drug-likeness (QED) is 0.714. The van der Waals surface area contributed by atoms with Crippen molar-refractivity contribution >= 4 is 58.1 Å². The van der Waals surface area contributed by atoms with Crippen LogP contribution in [0.15, 0.2) is 69.7 Å². The number of aliphatic imine (C=N–C) groups is 2. The molecule has 2 aliphatic heterocycles. The van der Waals surface area contributed by atoms with Crippen LogP contribution in [0.2, 0.25) is 5.02 Å². The summed E-state index contributed by atoms with van der Waals surface area (Å²) in [6.45, 7) is 0.438. The lowest BCUT2D eigenvalue weighted by Gasteiger charge is -2.21. The second-order valence-electron chi connectivity index (χ2n) is 6.71. The summed E-state index contributed by atoms with van der Waals surface area (Å²) in [5.74, 6) is -0.392. The van der Waals surface area contributed by atoms with Gasteiger partial charge in [0.1, 0.15) is 11.8 Å². The molecule has 2 amide bonds. The normalized spacial score (nSPS) is 17.5. The van der Waals surface area contributed by atoms with Crippen molar-refractivity contribution in [3.63, 3.8) is 0 Å². The van der Waals surface area contributed by atoms with Crippen LogP contribution in [0, 0.1) is 5.92 Å². The van der Waals surface area contributed by atoms with Crippen molar-refractivity contribution in [3.8, 4) is 0 Å². The fourth-order valence-electron chi connectivity index (χ4n) is 3.04. The van der Waals surface area contributed by atoms with Gasteiger partial charge in [0.2, 0.25) is 5.91 Å². The van der Waals surface area contributed by atoms with Crippen molar-refractivity contribution in [2.24, 2.45) is 21.0 Å². The van der Waals surface area contributed by atoms with E-state index in [9.17, 15) is 9.59 Å². The number of hydrazone groups is 1. The molecule has 0 aromatic heterocycles. The molecular formula is C21H18ClN5O2S. The van der Waals surface area contributed by atoms with Gasteiger partial charge in [0.25, 0.3) is 5.91 Å². The molecule has 7 nitrogen and oxygen atoms in total. The van der Waals surface area contributed by atoms with E-state index in [1.54, 1.807) is 29.2 Å². The van der Waals surface area contributed by atoms with Crippen molar-refractivity contribution in [1.29, 1.82) is 0 Å². The zero-order valence-corrected chi connectivity index (χ0v) is 17.7. The van der Waals surface area contributed by atoms with E-state index in [4.69, 9.17) is 11.6 Å². The molecule has 30 heavy (non-hydrogen) atoms. The van der Waals surface area contributed by atoms with Gasteiger partial charge in [-0.1, -0.05) is 53.7 Å². The van der Waals surface area contributed by atoms with E-state index in [1.807, 2.05) is 48.5 Å². The predicted molar refractivity (Wildman–Crippen MR) is 121 cm³/mol. The Bertz CT molecular complexity index is 1070. The molecular weight excluding hydrogens is 422 g/mol. The van der Waals surface area contributed by atoms with Gasteiger partial charge in [-0.25, -0.2) is 10.0 Å². The molecule has 2 aromatic carbocycles. The average Bonchev–Trinajstić information content (AvgIpc) is 3.15. The molecule has 1 atom stereocenters. The van der Waals surface area contributed by atoms with Gasteiger partial charge < -0.3 is 4.90 Å². The summed E-state index contributed by atoms with van der Waals surface area (Å²) >= 11 is 7.19. The zero-order valence-electron chi connectivity index (χ0n) is 16.1. The maximum Gasteiger partial charge on any atom is 0.264 e. The van der Waals surface area contributed by atoms with Gasteiger partial charge in [0, 0.05) is 24.0 Å². The fourth-order valence-corrected chi connectivity index (χ4v) is 4.01. The van der Waals surface area contributed by atoms with Crippen LogP contribution in [0.5, 0.6) is 0 Å². The molecule has 2 heterocycles. The molecule has 1 unspecified atom stereocenters. The minimum Gasteiger partial charge on any atom is -0.315 e. The third kappa shape index (κ3) is 4.44. The Kier molecular flexibility index (Phi) is 5.96. The Morgan fingerprint density at radius 2 is 1.97 bits per heavy atom. The maximum atomic E-state index is 12.5. The average molecular weight is 440 g/mol. The third-order valence-electron chi connectivity index (χ3n) is 4.64. The first-order valence-corrected chi connectivity index (χ1v) is 10.6. The first kappa shape index (κ1) is 20.3. The van der Waals surface area contributed by atoms with Crippen LogP contribution >= 0.6 is 23.4 Å². The van der Waals surface area contributed by atoms with Gasteiger partial charge in [0.15, 0.2) is 5.17 Å². The lowest BCUT2D eigenvalue weighted by atomic mass is 10.1. The van der Waals surface area contributed by atoms with E-state index in [2.05, 4.69) is 15.1 Å². The number of anilines is 1. The van der Waals surface area contributed by atoms with E-state index < -0.39 is 5.92 Å². The zero-order chi connectivity index (χ0) is 21.1. The molecule has 0 N–H and O–H groups in total. The Morgan fingerprint density at radius 3 is 2.73 bits per heavy atom. The summed E-state index contributed by atoms with van der Waals surface area (Å²) < 4.78 is 0. The minimum atomic E-state index is -0.587. The highest BCUT2D eigenvalue weighted by atomic mass is 35.5. The molecule has 0 radical (unpaired) electrons. The second kappa shape index (κ2) is 8.81. The lowest BCUT2D eigenvalue weighted by molar-refractivity contribution is -0.118. The summed E-state index contributed by atoms with van der Waals surface area (Å²) in [5, 5.41) is 6.88. The van der Waals surface area contributed by atoms with E-state index in [0.717, 1.165) is 23.0 Å². The number of carbonyl (C=O) groups excluding carboxylic acids is 2. The molecule has 2 aromatic rings. The highest BCUT2D eigenvalue weighted by Crippen LogP contribution is 2.24. The Hall–Kier alpha value is -2.97. The molecule has 9 heteroatoms. The van der Waals surface area contributed by atoms with Crippen LogP contribution in [0.1, 0.15) is 5.56 Å². The number of hydrogen-bond donors (Lipinski definition) is 0. The number of amidine groups is 2. The van der Waals surface area contributed by atoms with Crippen LogP contribution in [0.4, 0.5) is 5.69 Å². The van der Waals surface area contributed by atoms with Crippen LogP contribution in [-0.2, 0) is 16.1 Å². The molecule has 0 spiro atoms. The van der Waals surface area contributed by atoms with E-state index >= 15 is 0 Å². The monoisotopic (exact) mass is 439 g/mol. The fraction of sp³-hybridized carbons (Fsp3) is 0.190. The van der Waals surface area contributed by atoms with Gasteiger partial charge in [-0.3, -0.25) is 9.59 Å². The standard InChI is InChI=1S/C21H18ClN5O2S/c1-26(16-8-3-2-4-9-16)18(28)13-30-21-24-19-17(20(29)25-21)11-23-27(19)12-14-6-5-7-15(22)10-14/h2-11,17H,12-13H2,1H3. The smallest absolute Gasteiger partial charge is 0.264 e. The number of benzene rings is 2. The predicted octanol–water partition coefficient (Wildman–Crippen LogP) is 3.45. The summed E-state index contributed by atoms with van der Waals surface area (Å²) in [4.78, 5) is 35.0. The highest BCUT2D eigenvalue weighted by molar-refractivity contribution is 8.14. The van der Waals surface area contributed by atoms with Crippen molar-refractivity contribution in [2.45, 2.75) is 6.54 Å². The summed E-state index contributed by atoms with van der Waals surface area (Å²) in [5.41, 5.74) is 1.75. The van der Waals surface area contributed by atoms with Crippen LogP contribution in [0.25, 0.3) is 0 Å². The Morgan fingerprint density at radius 1 is 1.17 bits per heavy atom. The van der Waals surface area contributed by atoms with Crippen molar-refractivity contribution < 1.29 is 9.59 Å². The summed E-state index contributed by atoms with van der Waals surface area (Å²) in [7, 11) is 1.71. The number of para-hydroxylation sites is 1. The number of nitrogens with zero attached hydrogens (tertiary/aromatic N) is 5. The van der Waals surface area contributed by atoms with Crippen LogP contribution in [-0.4, -0.2) is 46.8 Å². The van der Waals surface area contributed by atoms with Gasteiger partial charge in [-0.15, -0.1) is 0 Å². The molecule has 152 valence electrons. The number of rotatable bonds is 5. The number of carbonyl (C=O) groups is 2. The molecule has 2 aliphatic rings. The second-order valence-corrected chi connectivity index (χ2v) is 8.09. The molecule has 0 fully saturated rings. The van der Waals surface area contributed by atoms with E-state index in [1.165, 1.54) is 0 Å². The maximum absolute atomic E-state index is 12.5. The number of halogens is 1. The SMILES string of the molecule is CN(C(=O)CSC1=NC(=O)C2C=NN(Cc3cccc(Cl)c3)C2=N1)c1ccccc1. The van der Waals surface area contributed by atoms with Crippen LogP contribution in [0.3, 0.4) is 0 Å². The number of hydrogen-bond acceptors (Lipinski definition) is 6. The van der Waals surface area contributed by atoms with Gasteiger partial charge >= 0.3 is 0 Å². The van der Waals surface area contributed by atoms with E-state index in [-0.39, 0.29) is 22.7 Å². The highest BCUT2D eigenvalue weighted by Gasteiger charge is 2.36. The largest absolute Gasteiger partial charge is 0.315 e. The minimum absolute atomic E-state index is 0.109. The van der Waals surface area contributed by atoms with Gasteiger partial charge in [0.05, 0.1) is 12.3 Å². The van der Waals surface area contributed by atoms with Crippen molar-refractivity contribution in [3.05, 3.63) is 65.2 Å². The molecule has 0 saturated carbocycles. The number of amides is 2. The number of thioether (sulfide) groups is 1. The third-order valence-corrected chi connectivity index (χ3v) is 5.71. The topological polar surface area (TPSA) is 77.7 Å². The number of fused-ring (bicyclic) bond motifs is 1. The van der Waals surface area contributed by atoms with E-state index in [0.29, 0.717) is 17.4 Å². The molecule has 0 bridgehead atoms. The lowest BCUT2D eigenvalue weighted by Crippen LogP contribution is -2.34. The van der Waals surface area contributed by atoms with Crippen molar-refractivity contribution in [2.75, 3.05) is 17.7 Å². The first-order valence-electron chi connectivity index (χ1n) is 9.23. The Labute approximate surface area is 183 Å². The first-order chi connectivity index (χ1) is 14.5. The summed E-state index contributed by atoms with van der Waals surface area (Å²) in [6.07, 6.45) is 1.55. The van der Waals surface area contributed by atoms with Crippen molar-refractivity contribution in [1.82, 2.24) is 5.01 Å². The summed E-state index contributed by atoms with van der Waals surface area (Å²) in [6, 6.07) is 16.8. The molecule has 4 rings (SSSR count).